The van der Waals surface area contributed by atoms with E-state index in [0.717, 1.165) is 34.1 Å². The van der Waals surface area contributed by atoms with Crippen molar-refractivity contribution in [2.24, 2.45) is 5.73 Å². The molecule has 0 radical (unpaired) electrons. The largest absolute Gasteiger partial charge is 0.497 e. The molecule has 2 heterocycles. The number of aryl methyl sites for hydroxylation is 2. The number of fused-ring (bicyclic) bond motifs is 6. The normalized spacial score (nSPS) is 16.8. The second-order valence-electron chi connectivity index (χ2n) is 12.0. The van der Waals surface area contributed by atoms with Crippen LogP contribution in [0.5, 0.6) is 5.75 Å². The van der Waals surface area contributed by atoms with Crippen LogP contribution in [0.25, 0.3) is 21.8 Å². The molecule has 0 fully saturated rings. The van der Waals surface area contributed by atoms with Crippen LogP contribution in [0.2, 0.25) is 0 Å². The van der Waals surface area contributed by atoms with E-state index in [1.54, 1.807) is 7.11 Å². The fraction of sp³-hybridized carbons (Fsp3) is 0.263. The summed E-state index contributed by atoms with van der Waals surface area (Å²) in [6.07, 6.45) is 7.07. The standard InChI is InChI=1S/C19H18BrIN2.C12H13BrN2.C7H7IO/c20-13-7-8-17-16(10-13)15-5-2-6-18(19(15)23-17)22-11-12-3-1-4-14(21)9-12;13-7-4-5-11-9(6-7)8-2-1-3-10(14)12(8)15-11;1-9-7-4-2-3-6(8)5-7/h1,3-4,7-10,18,22-23H,2,5-6,11H2;4-6,10,15H,1-3,14H2;2-5H,1H3/t18-;10-;/m11./s1. The summed E-state index contributed by atoms with van der Waals surface area (Å²) in [7, 11) is 1.67. The van der Waals surface area contributed by atoms with Crippen molar-refractivity contribution >= 4 is 98.8 Å². The Morgan fingerprint density at radius 2 is 1.36 bits per heavy atom. The SMILES string of the molecule is Brc1ccc2[nH]c3c(c2c1)CCC[C@H]3NCc1cccc(I)c1.COc1cccc(I)c1.N[C@@H]1CCCc2c1[nH]c1ccc(Br)cc21. The minimum absolute atomic E-state index is 0.194. The molecule has 9 heteroatoms. The highest BCUT2D eigenvalue weighted by Crippen LogP contribution is 2.36. The Hall–Kier alpha value is -1.90. The van der Waals surface area contributed by atoms with E-state index < -0.39 is 0 Å². The van der Waals surface area contributed by atoms with Gasteiger partial charge in [0.25, 0.3) is 0 Å². The molecule has 0 amide bonds. The zero-order valence-electron chi connectivity index (χ0n) is 26.2. The summed E-state index contributed by atoms with van der Waals surface area (Å²) in [4.78, 5) is 7.10. The highest BCUT2D eigenvalue weighted by Gasteiger charge is 2.24. The third kappa shape index (κ3) is 8.64. The van der Waals surface area contributed by atoms with E-state index in [9.17, 15) is 0 Å². The first-order valence-electron chi connectivity index (χ1n) is 15.9. The average Bonchev–Trinajstić information content (AvgIpc) is 3.63. The number of ether oxygens (including phenoxy) is 1. The van der Waals surface area contributed by atoms with Gasteiger partial charge in [-0.3, -0.25) is 0 Å². The lowest BCUT2D eigenvalue weighted by molar-refractivity contribution is 0.414. The van der Waals surface area contributed by atoms with Crippen LogP contribution >= 0.6 is 77.0 Å². The average molecular weight is 980 g/mol. The van der Waals surface area contributed by atoms with Gasteiger partial charge in [-0.2, -0.15) is 0 Å². The van der Waals surface area contributed by atoms with Crippen molar-refractivity contribution in [1.82, 2.24) is 15.3 Å². The summed E-state index contributed by atoms with van der Waals surface area (Å²) in [5.74, 6) is 0.918. The third-order valence-corrected chi connectivity index (χ3v) is 11.2. The second-order valence-corrected chi connectivity index (χ2v) is 16.4. The van der Waals surface area contributed by atoms with Gasteiger partial charge in [0.05, 0.1) is 7.11 Å². The van der Waals surface area contributed by atoms with E-state index in [-0.39, 0.29) is 6.04 Å². The van der Waals surface area contributed by atoms with E-state index in [1.807, 2.05) is 24.3 Å². The lowest BCUT2D eigenvalue weighted by Gasteiger charge is -2.24. The van der Waals surface area contributed by atoms with Crippen LogP contribution < -0.4 is 15.8 Å². The molecule has 5 nitrogen and oxygen atoms in total. The van der Waals surface area contributed by atoms with Crippen molar-refractivity contribution in [3.63, 3.8) is 0 Å². The lowest BCUT2D eigenvalue weighted by atomic mass is 9.91. The molecular weight excluding hydrogens is 942 g/mol. The van der Waals surface area contributed by atoms with E-state index >= 15 is 0 Å². The molecule has 5 N–H and O–H groups in total. The number of H-pyrrole nitrogens is 2. The molecule has 0 bridgehead atoms. The van der Waals surface area contributed by atoms with Crippen molar-refractivity contribution in [2.75, 3.05) is 7.11 Å². The molecular formula is C38H38Br2I2N4O. The summed E-state index contributed by atoms with van der Waals surface area (Å²) < 4.78 is 9.77. The molecule has 0 spiro atoms. The van der Waals surface area contributed by atoms with Crippen LogP contribution in [0.3, 0.4) is 0 Å². The number of benzene rings is 4. The maximum absolute atomic E-state index is 6.11. The predicted molar refractivity (Wildman–Crippen MR) is 219 cm³/mol. The Morgan fingerprint density at radius 1 is 0.766 bits per heavy atom. The Morgan fingerprint density at radius 3 is 1.98 bits per heavy atom. The van der Waals surface area contributed by atoms with Crippen LogP contribution in [-0.4, -0.2) is 17.1 Å². The van der Waals surface area contributed by atoms with Crippen molar-refractivity contribution in [2.45, 2.75) is 57.2 Å². The molecule has 2 aliphatic rings. The molecule has 0 saturated carbocycles. The molecule has 6 aromatic rings. The van der Waals surface area contributed by atoms with Crippen LogP contribution in [-0.2, 0) is 19.4 Å². The van der Waals surface area contributed by atoms with Crippen molar-refractivity contribution in [3.8, 4) is 5.75 Å². The molecule has 2 aromatic heterocycles. The number of rotatable bonds is 4. The van der Waals surface area contributed by atoms with Gasteiger partial charge in [0.2, 0.25) is 0 Å². The van der Waals surface area contributed by atoms with Gasteiger partial charge < -0.3 is 25.8 Å². The summed E-state index contributed by atoms with van der Waals surface area (Å²) in [6.45, 7) is 0.917. The Labute approximate surface area is 320 Å². The summed E-state index contributed by atoms with van der Waals surface area (Å²) in [5.41, 5.74) is 15.5. The molecule has 244 valence electrons. The molecule has 4 aromatic carbocycles. The Kier molecular flexibility index (Phi) is 12.0. The van der Waals surface area contributed by atoms with Gasteiger partial charge >= 0.3 is 0 Å². The number of aromatic amines is 2. The minimum Gasteiger partial charge on any atom is -0.497 e. The number of hydrogen-bond acceptors (Lipinski definition) is 3. The summed E-state index contributed by atoms with van der Waals surface area (Å²) in [6, 6.07) is 30.1. The zero-order chi connectivity index (χ0) is 32.9. The molecule has 2 aliphatic carbocycles. The van der Waals surface area contributed by atoms with Crippen LogP contribution in [0.1, 0.15) is 65.8 Å². The monoisotopic (exact) mass is 978 g/mol. The quantitative estimate of drug-likeness (QED) is 0.133. The van der Waals surface area contributed by atoms with Gasteiger partial charge in [-0.1, -0.05) is 50.1 Å². The second kappa shape index (κ2) is 16.2. The topological polar surface area (TPSA) is 78.9 Å². The van der Waals surface area contributed by atoms with Crippen molar-refractivity contribution < 1.29 is 4.74 Å². The van der Waals surface area contributed by atoms with Gasteiger partial charge in [-0.25, -0.2) is 0 Å². The fourth-order valence-corrected chi connectivity index (χ4v) is 8.43. The van der Waals surface area contributed by atoms with Gasteiger partial charge in [0.15, 0.2) is 0 Å². The smallest absolute Gasteiger partial charge is 0.119 e. The molecule has 2 atom stereocenters. The van der Waals surface area contributed by atoms with Gasteiger partial charge in [0.1, 0.15) is 5.75 Å². The van der Waals surface area contributed by atoms with E-state index in [1.165, 1.54) is 82.7 Å². The van der Waals surface area contributed by atoms with Crippen LogP contribution in [0, 0.1) is 7.14 Å². The third-order valence-electron chi connectivity index (χ3n) is 8.86. The highest BCUT2D eigenvalue weighted by atomic mass is 127. The maximum Gasteiger partial charge on any atom is 0.119 e. The Balaban J connectivity index is 0.000000138. The van der Waals surface area contributed by atoms with Gasteiger partial charge in [0, 0.05) is 67.9 Å². The number of aromatic nitrogens is 2. The fourth-order valence-electron chi connectivity index (χ4n) is 6.59. The zero-order valence-corrected chi connectivity index (χ0v) is 33.7. The van der Waals surface area contributed by atoms with E-state index in [2.05, 4.69) is 153 Å². The predicted octanol–water partition coefficient (Wildman–Crippen LogP) is 11.3. The summed E-state index contributed by atoms with van der Waals surface area (Å²) >= 11 is 11.7. The molecule has 0 unspecified atom stereocenters. The number of nitrogens with two attached hydrogens (primary N) is 1. The lowest BCUT2D eigenvalue weighted by Crippen LogP contribution is -2.24. The summed E-state index contributed by atoms with van der Waals surface area (Å²) in [5, 5.41) is 6.45. The van der Waals surface area contributed by atoms with Gasteiger partial charge in [-0.15, -0.1) is 0 Å². The van der Waals surface area contributed by atoms with Crippen LogP contribution in [0.4, 0.5) is 0 Å². The number of nitrogens with one attached hydrogen (secondary N) is 3. The Bertz CT molecular complexity index is 1990. The van der Waals surface area contributed by atoms with Crippen LogP contribution in [0.15, 0.2) is 93.9 Å². The number of methoxy groups -OCH3 is 1. The highest BCUT2D eigenvalue weighted by molar-refractivity contribution is 14.1. The van der Waals surface area contributed by atoms with Crippen molar-refractivity contribution in [1.29, 1.82) is 0 Å². The first-order chi connectivity index (χ1) is 22.8. The number of hydrogen-bond donors (Lipinski definition) is 4. The first kappa shape index (κ1) is 34.9. The van der Waals surface area contributed by atoms with Gasteiger partial charge in [-0.05, 0) is 167 Å². The molecule has 0 saturated heterocycles. The molecule has 47 heavy (non-hydrogen) atoms. The number of halogens is 4. The van der Waals surface area contributed by atoms with E-state index in [0.29, 0.717) is 6.04 Å². The van der Waals surface area contributed by atoms with E-state index in [4.69, 9.17) is 10.5 Å². The first-order valence-corrected chi connectivity index (χ1v) is 19.7. The van der Waals surface area contributed by atoms with Crippen molar-refractivity contribution in [3.05, 3.63) is 129 Å². The molecule has 8 rings (SSSR count). The minimum atomic E-state index is 0.194. The maximum atomic E-state index is 6.11. The molecule has 0 aliphatic heterocycles.